The maximum Gasteiger partial charge on any atom is 0.0584 e. The zero-order valence-corrected chi connectivity index (χ0v) is 12.8. The summed E-state index contributed by atoms with van der Waals surface area (Å²) >= 11 is 0. The van der Waals surface area contributed by atoms with Gasteiger partial charge in [-0.1, -0.05) is 41.0 Å². The highest BCUT2D eigenvalue weighted by atomic mass is 16.3. The number of fused-ring (bicyclic) bond motifs is 3. The topological polar surface area (TPSA) is 20.2 Å². The molecule has 0 spiro atoms. The largest absolute Gasteiger partial charge is 0.393 e. The van der Waals surface area contributed by atoms with Crippen molar-refractivity contribution >= 4 is 0 Å². The minimum atomic E-state index is -0.0635. The van der Waals surface area contributed by atoms with Crippen LogP contribution in [0.3, 0.4) is 0 Å². The molecular weight excluding hydrogens is 220 g/mol. The highest BCUT2D eigenvalue weighted by molar-refractivity contribution is 5.20. The van der Waals surface area contributed by atoms with Crippen molar-refractivity contribution < 1.29 is 5.11 Å². The van der Waals surface area contributed by atoms with Crippen LogP contribution in [0, 0.1) is 34.0 Å². The van der Waals surface area contributed by atoms with Gasteiger partial charge in [0.1, 0.15) is 0 Å². The van der Waals surface area contributed by atoms with E-state index in [0.717, 1.165) is 18.3 Å². The van der Waals surface area contributed by atoms with Gasteiger partial charge >= 0.3 is 0 Å². The SMILES string of the molecule is CC(C)[C@]12C[C@@H](O)[C@@H]3C(C)(C)CCC[C@]3(C)[C@H]1C2. The Bertz CT molecular complexity index is 359. The molecule has 0 bridgehead atoms. The number of aliphatic hydroxyl groups excluding tert-OH is 1. The summed E-state index contributed by atoms with van der Waals surface area (Å²) in [5.74, 6) is 2.15. The Hall–Kier alpha value is -0.0400. The zero-order valence-electron chi connectivity index (χ0n) is 12.8. The van der Waals surface area contributed by atoms with Gasteiger partial charge in [0.15, 0.2) is 0 Å². The van der Waals surface area contributed by atoms with Gasteiger partial charge < -0.3 is 5.11 Å². The van der Waals surface area contributed by atoms with Gasteiger partial charge in [0.2, 0.25) is 0 Å². The summed E-state index contributed by atoms with van der Waals surface area (Å²) in [5.41, 5.74) is 1.22. The summed E-state index contributed by atoms with van der Waals surface area (Å²) in [6.45, 7) is 12.0. The standard InChI is InChI=1S/C17H30O/c1-11(2)17-9-12(18)14-15(3,4)7-6-8-16(14,5)13(17)10-17/h11-14,18H,6-10H2,1-5H3/t12-,13-,14-,16-,17-/m1/s1. The van der Waals surface area contributed by atoms with Gasteiger partial charge in [0.05, 0.1) is 6.10 Å². The maximum absolute atomic E-state index is 10.8. The van der Waals surface area contributed by atoms with Crippen LogP contribution in [0.15, 0.2) is 0 Å². The molecule has 0 radical (unpaired) electrons. The summed E-state index contributed by atoms with van der Waals surface area (Å²) < 4.78 is 0. The van der Waals surface area contributed by atoms with Gasteiger partial charge in [-0.3, -0.25) is 0 Å². The lowest BCUT2D eigenvalue weighted by atomic mass is 9.48. The van der Waals surface area contributed by atoms with E-state index in [1.807, 2.05) is 0 Å². The monoisotopic (exact) mass is 250 g/mol. The number of aliphatic hydroxyl groups is 1. The fourth-order valence-electron chi connectivity index (χ4n) is 6.30. The van der Waals surface area contributed by atoms with Gasteiger partial charge in [-0.05, 0) is 59.7 Å². The van der Waals surface area contributed by atoms with Crippen molar-refractivity contribution in [3.8, 4) is 0 Å². The highest BCUT2D eigenvalue weighted by Crippen LogP contribution is 2.76. The first-order chi connectivity index (χ1) is 8.24. The molecule has 0 aromatic rings. The summed E-state index contributed by atoms with van der Waals surface area (Å²) in [7, 11) is 0. The Morgan fingerprint density at radius 3 is 2.33 bits per heavy atom. The zero-order chi connectivity index (χ0) is 13.3. The molecular formula is C17H30O. The minimum Gasteiger partial charge on any atom is -0.393 e. The maximum atomic E-state index is 10.8. The first-order valence-electron chi connectivity index (χ1n) is 7.92. The number of hydrogen-bond donors (Lipinski definition) is 1. The quantitative estimate of drug-likeness (QED) is 0.738. The van der Waals surface area contributed by atoms with Gasteiger partial charge in [-0.2, -0.15) is 0 Å². The fourth-order valence-corrected chi connectivity index (χ4v) is 6.30. The molecule has 0 aromatic carbocycles. The van der Waals surface area contributed by atoms with Gasteiger partial charge in [0.25, 0.3) is 0 Å². The highest BCUT2D eigenvalue weighted by Gasteiger charge is 2.71. The molecule has 3 rings (SSSR count). The lowest BCUT2D eigenvalue weighted by Gasteiger charge is -2.57. The summed E-state index contributed by atoms with van der Waals surface area (Å²) in [6, 6.07) is 0. The molecule has 3 aliphatic rings. The third kappa shape index (κ3) is 1.43. The molecule has 0 aliphatic heterocycles. The second kappa shape index (κ2) is 3.53. The van der Waals surface area contributed by atoms with Crippen LogP contribution in [-0.2, 0) is 0 Å². The van der Waals surface area contributed by atoms with Crippen molar-refractivity contribution in [2.75, 3.05) is 0 Å². The van der Waals surface area contributed by atoms with Crippen LogP contribution in [-0.4, -0.2) is 11.2 Å². The predicted molar refractivity (Wildman–Crippen MR) is 75.2 cm³/mol. The third-order valence-electron chi connectivity index (χ3n) is 7.13. The first-order valence-corrected chi connectivity index (χ1v) is 7.92. The number of rotatable bonds is 1. The Morgan fingerprint density at radius 2 is 1.72 bits per heavy atom. The van der Waals surface area contributed by atoms with E-state index in [1.54, 1.807) is 0 Å². The lowest BCUT2D eigenvalue weighted by molar-refractivity contribution is -0.135. The fraction of sp³-hybridized carbons (Fsp3) is 1.00. The average molecular weight is 250 g/mol. The van der Waals surface area contributed by atoms with Crippen molar-refractivity contribution in [2.24, 2.45) is 34.0 Å². The first kappa shape index (κ1) is 13.0. The van der Waals surface area contributed by atoms with E-state index in [-0.39, 0.29) is 6.10 Å². The van der Waals surface area contributed by atoms with E-state index in [4.69, 9.17) is 0 Å². The van der Waals surface area contributed by atoms with Crippen LogP contribution in [0.5, 0.6) is 0 Å². The number of hydrogen-bond acceptors (Lipinski definition) is 1. The van der Waals surface area contributed by atoms with Crippen molar-refractivity contribution in [3.63, 3.8) is 0 Å². The third-order valence-corrected chi connectivity index (χ3v) is 7.13. The lowest BCUT2D eigenvalue weighted by Crippen LogP contribution is -2.54. The smallest absolute Gasteiger partial charge is 0.0584 e. The average Bonchev–Trinajstić information content (AvgIpc) is 2.92. The van der Waals surface area contributed by atoms with Crippen molar-refractivity contribution in [2.45, 2.75) is 72.8 Å². The second-order valence-electron chi connectivity index (χ2n) is 8.74. The van der Waals surface area contributed by atoms with Crippen molar-refractivity contribution in [1.82, 2.24) is 0 Å². The Labute approximate surface area is 112 Å². The van der Waals surface area contributed by atoms with Crippen LogP contribution in [0.1, 0.15) is 66.7 Å². The van der Waals surface area contributed by atoms with Gasteiger partial charge in [-0.15, -0.1) is 0 Å². The predicted octanol–water partition coefficient (Wildman–Crippen LogP) is 4.25. The molecule has 0 heterocycles. The molecule has 1 N–H and O–H groups in total. The molecule has 0 saturated heterocycles. The molecule has 5 atom stereocenters. The van der Waals surface area contributed by atoms with E-state index in [0.29, 0.717) is 22.2 Å². The molecule has 3 aliphatic carbocycles. The molecule has 3 saturated carbocycles. The van der Waals surface area contributed by atoms with Gasteiger partial charge in [-0.25, -0.2) is 0 Å². The molecule has 1 heteroatoms. The molecule has 0 amide bonds. The van der Waals surface area contributed by atoms with Crippen LogP contribution in [0.2, 0.25) is 0 Å². The molecule has 1 nitrogen and oxygen atoms in total. The van der Waals surface area contributed by atoms with E-state index >= 15 is 0 Å². The molecule has 18 heavy (non-hydrogen) atoms. The van der Waals surface area contributed by atoms with E-state index in [9.17, 15) is 5.11 Å². The van der Waals surface area contributed by atoms with E-state index in [2.05, 4.69) is 34.6 Å². The van der Waals surface area contributed by atoms with E-state index < -0.39 is 0 Å². The van der Waals surface area contributed by atoms with Crippen LogP contribution >= 0.6 is 0 Å². The van der Waals surface area contributed by atoms with Crippen LogP contribution < -0.4 is 0 Å². The van der Waals surface area contributed by atoms with Crippen molar-refractivity contribution in [1.29, 1.82) is 0 Å². The normalized spacial score (nSPS) is 53.8. The van der Waals surface area contributed by atoms with Crippen molar-refractivity contribution in [3.05, 3.63) is 0 Å². The van der Waals surface area contributed by atoms with Crippen LogP contribution in [0.25, 0.3) is 0 Å². The van der Waals surface area contributed by atoms with Gasteiger partial charge in [0, 0.05) is 0 Å². The van der Waals surface area contributed by atoms with Crippen LogP contribution in [0.4, 0.5) is 0 Å². The summed E-state index contributed by atoms with van der Waals surface area (Å²) in [4.78, 5) is 0. The Morgan fingerprint density at radius 1 is 1.06 bits per heavy atom. The molecule has 0 unspecified atom stereocenters. The molecule has 0 aromatic heterocycles. The second-order valence-corrected chi connectivity index (χ2v) is 8.74. The molecule has 3 fully saturated rings. The molecule has 104 valence electrons. The van der Waals surface area contributed by atoms with E-state index in [1.165, 1.54) is 25.7 Å². The minimum absolute atomic E-state index is 0.0635. The summed E-state index contributed by atoms with van der Waals surface area (Å²) in [6.07, 6.45) is 6.39. The Balaban J connectivity index is 1.98. The Kier molecular flexibility index (Phi) is 2.55. The summed E-state index contributed by atoms with van der Waals surface area (Å²) in [5, 5.41) is 10.8.